The number of carbonyl (C=O) groups is 5. The molecule has 3 atom stereocenters. The van der Waals surface area contributed by atoms with E-state index in [1.807, 2.05) is 5.32 Å². The van der Waals surface area contributed by atoms with Crippen molar-refractivity contribution >= 4 is 35.4 Å². The van der Waals surface area contributed by atoms with Gasteiger partial charge in [0.2, 0.25) is 11.8 Å². The Morgan fingerprint density at radius 1 is 1.07 bits per heavy atom. The number of carbonyl (C=O) groups excluding carboxylic acids is 5. The fourth-order valence-electron chi connectivity index (χ4n) is 3.78. The van der Waals surface area contributed by atoms with Gasteiger partial charge in [-0.15, -0.1) is 0 Å². The van der Waals surface area contributed by atoms with Crippen molar-refractivity contribution in [2.45, 2.75) is 38.6 Å². The second kappa shape index (κ2) is 8.85. The van der Waals surface area contributed by atoms with Crippen LogP contribution in [0.5, 0.6) is 0 Å². The molecule has 1 saturated heterocycles. The van der Waals surface area contributed by atoms with Crippen molar-refractivity contribution in [3.8, 4) is 0 Å². The molecule has 29 heavy (non-hydrogen) atoms. The van der Waals surface area contributed by atoms with E-state index in [4.69, 9.17) is 4.74 Å². The number of benzene rings is 1. The van der Waals surface area contributed by atoms with Crippen molar-refractivity contribution in [1.82, 2.24) is 10.2 Å². The van der Waals surface area contributed by atoms with Crippen LogP contribution in [0.2, 0.25) is 0 Å². The zero-order valence-corrected chi connectivity index (χ0v) is 16.1. The molecule has 154 valence electrons. The molecular formula is C20H23N3O6. The third kappa shape index (κ3) is 4.61. The molecule has 1 aromatic carbocycles. The number of ether oxygens (including phenoxy) is 1. The number of urea groups is 1. The number of para-hydroxylation sites is 1. The van der Waals surface area contributed by atoms with Gasteiger partial charge < -0.3 is 10.1 Å². The monoisotopic (exact) mass is 401 g/mol. The normalized spacial score (nSPS) is 21.9. The highest BCUT2D eigenvalue weighted by molar-refractivity contribution is 6.08. The van der Waals surface area contributed by atoms with Crippen LogP contribution in [0.4, 0.5) is 10.5 Å². The molecular weight excluding hydrogens is 378 g/mol. The lowest BCUT2D eigenvalue weighted by molar-refractivity contribution is -0.159. The van der Waals surface area contributed by atoms with E-state index in [0.29, 0.717) is 18.5 Å². The van der Waals surface area contributed by atoms with Gasteiger partial charge in [0, 0.05) is 5.69 Å². The fraction of sp³-hybridized carbons (Fsp3) is 0.450. The van der Waals surface area contributed by atoms with Crippen LogP contribution in [0.25, 0.3) is 0 Å². The van der Waals surface area contributed by atoms with Crippen LogP contribution >= 0.6 is 0 Å². The summed E-state index contributed by atoms with van der Waals surface area (Å²) in [6, 6.07) is 6.63. The molecule has 1 aromatic rings. The molecule has 0 radical (unpaired) electrons. The fourth-order valence-corrected chi connectivity index (χ4v) is 3.78. The van der Waals surface area contributed by atoms with Crippen molar-refractivity contribution < 1.29 is 28.7 Å². The Kier molecular flexibility index (Phi) is 6.26. The summed E-state index contributed by atoms with van der Waals surface area (Å²) in [5, 5.41) is 4.50. The third-order valence-electron chi connectivity index (χ3n) is 5.23. The standard InChI is InChI=1S/C20H23N3O6/c1-12(23-17(25)14-9-5-6-10-15(14)18(23)26)19(27)29-11-16(24)22-20(28)21-13-7-3-2-4-8-13/h2-4,7-8,12,14-15H,5-6,9-11H2,1H3,(H2,21,22,24,28)/t12-,14+,15+/m0/s1. The molecule has 2 fully saturated rings. The Hall–Kier alpha value is -3.23. The van der Waals surface area contributed by atoms with Gasteiger partial charge in [-0.05, 0) is 31.9 Å². The predicted octanol–water partition coefficient (Wildman–Crippen LogP) is 1.44. The Balaban J connectivity index is 1.48. The zero-order valence-electron chi connectivity index (χ0n) is 16.1. The van der Waals surface area contributed by atoms with Gasteiger partial charge in [0.25, 0.3) is 5.91 Å². The van der Waals surface area contributed by atoms with Crippen molar-refractivity contribution in [2.75, 3.05) is 11.9 Å². The number of nitrogens with zero attached hydrogens (tertiary/aromatic N) is 1. The zero-order chi connectivity index (χ0) is 21.0. The van der Waals surface area contributed by atoms with Gasteiger partial charge in [-0.2, -0.15) is 0 Å². The lowest BCUT2D eigenvalue weighted by Gasteiger charge is -2.21. The molecule has 1 heterocycles. The smallest absolute Gasteiger partial charge is 0.329 e. The van der Waals surface area contributed by atoms with Crippen LogP contribution in [-0.4, -0.2) is 47.3 Å². The third-order valence-corrected chi connectivity index (χ3v) is 5.23. The van der Waals surface area contributed by atoms with Crippen LogP contribution in [-0.2, 0) is 23.9 Å². The van der Waals surface area contributed by atoms with Gasteiger partial charge >= 0.3 is 12.0 Å². The first-order valence-electron chi connectivity index (χ1n) is 9.58. The summed E-state index contributed by atoms with van der Waals surface area (Å²) in [7, 11) is 0. The molecule has 0 unspecified atom stereocenters. The predicted molar refractivity (Wildman–Crippen MR) is 101 cm³/mol. The highest BCUT2D eigenvalue weighted by Gasteiger charge is 2.51. The molecule has 0 aromatic heterocycles. The quantitative estimate of drug-likeness (QED) is 0.569. The summed E-state index contributed by atoms with van der Waals surface area (Å²) >= 11 is 0. The molecule has 1 aliphatic heterocycles. The largest absolute Gasteiger partial charge is 0.454 e. The summed E-state index contributed by atoms with van der Waals surface area (Å²) in [5.41, 5.74) is 0.496. The molecule has 3 rings (SSSR count). The Labute approximate surface area is 167 Å². The maximum Gasteiger partial charge on any atom is 0.329 e. The maximum atomic E-state index is 12.5. The van der Waals surface area contributed by atoms with Gasteiger partial charge in [0.15, 0.2) is 6.61 Å². The average molecular weight is 401 g/mol. The minimum absolute atomic E-state index is 0.351. The van der Waals surface area contributed by atoms with Crippen LogP contribution in [0.15, 0.2) is 30.3 Å². The second-order valence-electron chi connectivity index (χ2n) is 7.20. The number of rotatable bonds is 5. The van der Waals surface area contributed by atoms with E-state index in [0.717, 1.165) is 17.7 Å². The highest BCUT2D eigenvalue weighted by atomic mass is 16.5. The van der Waals surface area contributed by atoms with Crippen LogP contribution in [0.3, 0.4) is 0 Å². The van der Waals surface area contributed by atoms with Crippen molar-refractivity contribution in [2.24, 2.45) is 11.8 Å². The Morgan fingerprint density at radius 3 is 2.24 bits per heavy atom. The van der Waals surface area contributed by atoms with Crippen LogP contribution in [0.1, 0.15) is 32.6 Å². The van der Waals surface area contributed by atoms with Crippen LogP contribution < -0.4 is 10.6 Å². The van der Waals surface area contributed by atoms with Gasteiger partial charge in [-0.25, -0.2) is 9.59 Å². The molecule has 9 nitrogen and oxygen atoms in total. The molecule has 2 aliphatic rings. The lowest BCUT2D eigenvalue weighted by Crippen LogP contribution is -2.45. The Bertz CT molecular complexity index is 801. The van der Waals surface area contributed by atoms with Gasteiger partial charge in [0.05, 0.1) is 11.8 Å². The van der Waals surface area contributed by atoms with E-state index in [1.165, 1.54) is 6.92 Å². The highest BCUT2D eigenvalue weighted by Crippen LogP contribution is 2.38. The van der Waals surface area contributed by atoms with Gasteiger partial charge in [-0.1, -0.05) is 31.0 Å². The van der Waals surface area contributed by atoms with E-state index >= 15 is 0 Å². The molecule has 2 N–H and O–H groups in total. The summed E-state index contributed by atoms with van der Waals surface area (Å²) < 4.78 is 4.90. The first kappa shape index (κ1) is 20.5. The number of esters is 1. The minimum Gasteiger partial charge on any atom is -0.454 e. The lowest BCUT2D eigenvalue weighted by atomic mass is 9.81. The number of imide groups is 2. The number of amides is 5. The van der Waals surface area contributed by atoms with Crippen molar-refractivity contribution in [3.05, 3.63) is 30.3 Å². The summed E-state index contributed by atoms with van der Waals surface area (Å²) in [6.07, 6.45) is 3.06. The molecule has 1 aliphatic carbocycles. The molecule has 0 bridgehead atoms. The van der Waals surface area contributed by atoms with E-state index < -0.39 is 30.6 Å². The van der Waals surface area contributed by atoms with Crippen LogP contribution in [0, 0.1) is 11.8 Å². The number of nitrogens with one attached hydrogen (secondary N) is 2. The minimum atomic E-state index is -1.12. The second-order valence-corrected chi connectivity index (χ2v) is 7.20. The maximum absolute atomic E-state index is 12.5. The van der Waals surface area contributed by atoms with E-state index in [2.05, 4.69) is 5.32 Å². The van der Waals surface area contributed by atoms with E-state index in [9.17, 15) is 24.0 Å². The molecule has 0 spiro atoms. The van der Waals surface area contributed by atoms with E-state index in [1.54, 1.807) is 30.3 Å². The van der Waals surface area contributed by atoms with Gasteiger partial charge in [0.1, 0.15) is 6.04 Å². The topological polar surface area (TPSA) is 122 Å². The number of fused-ring (bicyclic) bond motifs is 1. The van der Waals surface area contributed by atoms with E-state index in [-0.39, 0.29) is 23.7 Å². The summed E-state index contributed by atoms with van der Waals surface area (Å²) in [5.74, 6) is -3.13. The van der Waals surface area contributed by atoms with Crippen molar-refractivity contribution in [3.63, 3.8) is 0 Å². The average Bonchev–Trinajstić information content (AvgIpc) is 2.97. The summed E-state index contributed by atoms with van der Waals surface area (Å²) in [4.78, 5) is 61.8. The summed E-state index contributed by atoms with van der Waals surface area (Å²) in [6.45, 7) is 0.698. The van der Waals surface area contributed by atoms with Crippen molar-refractivity contribution in [1.29, 1.82) is 0 Å². The first-order valence-corrected chi connectivity index (χ1v) is 9.58. The van der Waals surface area contributed by atoms with Gasteiger partial charge in [-0.3, -0.25) is 24.6 Å². The number of anilines is 1. The Morgan fingerprint density at radius 2 is 1.66 bits per heavy atom. The first-order chi connectivity index (χ1) is 13.9. The SMILES string of the molecule is C[C@@H](C(=O)OCC(=O)NC(=O)Nc1ccccc1)N1C(=O)[C@@H]2CCCC[C@H]2C1=O. The molecule has 9 heteroatoms. The number of likely N-dealkylation sites (tertiary alicyclic amines) is 1. The molecule has 1 saturated carbocycles. The number of hydrogen-bond acceptors (Lipinski definition) is 6. The number of hydrogen-bond donors (Lipinski definition) is 2. The molecule has 5 amide bonds.